The van der Waals surface area contributed by atoms with Crippen LogP contribution >= 0.6 is 11.8 Å². The predicted molar refractivity (Wildman–Crippen MR) is 139 cm³/mol. The van der Waals surface area contributed by atoms with Crippen LogP contribution in [0.25, 0.3) is 0 Å². The summed E-state index contributed by atoms with van der Waals surface area (Å²) in [6, 6.07) is 4.02. The Morgan fingerprint density at radius 3 is 2.09 bits per heavy atom. The minimum atomic E-state index is -0.234. The number of esters is 1. The van der Waals surface area contributed by atoms with E-state index in [9.17, 15) is 9.90 Å². The van der Waals surface area contributed by atoms with Crippen molar-refractivity contribution in [1.82, 2.24) is 0 Å². The van der Waals surface area contributed by atoms with Crippen molar-refractivity contribution in [3.05, 3.63) is 28.8 Å². The molecule has 0 saturated carbocycles. The number of terminal acetylenes is 1. The van der Waals surface area contributed by atoms with Crippen molar-refractivity contribution in [2.45, 2.75) is 84.7 Å². The molecule has 0 radical (unpaired) electrons. The number of carbonyl (C=O) groups is 1. The molecule has 0 aliphatic rings. The quantitative estimate of drug-likeness (QED) is 0.425. The van der Waals surface area contributed by atoms with Crippen LogP contribution in [0.15, 0.2) is 12.1 Å². The van der Waals surface area contributed by atoms with Crippen LogP contribution in [0.3, 0.4) is 0 Å². The third-order valence-electron chi connectivity index (χ3n) is 4.87. The summed E-state index contributed by atoms with van der Waals surface area (Å²) in [7, 11) is 0. The highest BCUT2D eigenvalue weighted by Crippen LogP contribution is 2.40. The maximum absolute atomic E-state index is 12.5. The number of rotatable bonds is 7. The van der Waals surface area contributed by atoms with E-state index in [0.717, 1.165) is 16.7 Å². The van der Waals surface area contributed by atoms with Gasteiger partial charge in [-0.15, -0.1) is 6.42 Å². The second kappa shape index (κ2) is 12.9. The molecule has 174 valence electrons. The Kier molecular flexibility index (Phi) is 11.0. The molecular formula is C29H34O3S. The minimum absolute atomic E-state index is 0.204. The molecule has 33 heavy (non-hydrogen) atoms. The summed E-state index contributed by atoms with van der Waals surface area (Å²) in [4.78, 5) is 12.5. The number of thioether (sulfide) groups is 1. The number of phenols is 1. The van der Waals surface area contributed by atoms with E-state index in [4.69, 9.17) is 11.2 Å². The van der Waals surface area contributed by atoms with Gasteiger partial charge in [0, 0.05) is 12.2 Å². The van der Waals surface area contributed by atoms with E-state index in [1.165, 1.54) is 11.8 Å². The molecule has 0 amide bonds. The monoisotopic (exact) mass is 462 g/mol. The van der Waals surface area contributed by atoms with Crippen LogP contribution in [0.2, 0.25) is 0 Å². The Labute approximate surface area is 204 Å². The molecule has 1 aromatic rings. The van der Waals surface area contributed by atoms with Crippen molar-refractivity contribution >= 4 is 17.7 Å². The number of ether oxygens (including phenoxy) is 1. The lowest BCUT2D eigenvalue weighted by Crippen LogP contribution is -2.20. The maximum Gasteiger partial charge on any atom is 0.306 e. The van der Waals surface area contributed by atoms with Crippen molar-refractivity contribution in [3.63, 3.8) is 0 Å². The van der Waals surface area contributed by atoms with E-state index >= 15 is 0 Å². The van der Waals surface area contributed by atoms with Gasteiger partial charge in [-0.1, -0.05) is 72.4 Å². The van der Waals surface area contributed by atoms with Gasteiger partial charge in [-0.25, -0.2) is 0 Å². The molecule has 4 heteroatoms. The Bertz CT molecular complexity index is 1020. The number of benzene rings is 1. The molecule has 1 atom stereocenters. The van der Waals surface area contributed by atoms with Gasteiger partial charge < -0.3 is 9.84 Å². The van der Waals surface area contributed by atoms with E-state index in [0.29, 0.717) is 24.3 Å². The topological polar surface area (TPSA) is 46.5 Å². The van der Waals surface area contributed by atoms with Gasteiger partial charge in [0.05, 0.1) is 0 Å². The highest BCUT2D eigenvalue weighted by molar-refractivity contribution is 8.03. The van der Waals surface area contributed by atoms with Gasteiger partial charge >= 0.3 is 5.97 Å². The number of carbonyl (C=O) groups excluding carboxylic acids is 1. The number of hydrogen-bond acceptors (Lipinski definition) is 4. The Balaban J connectivity index is 2.78. The summed E-state index contributed by atoms with van der Waals surface area (Å²) in [5.74, 6) is 15.6. The Morgan fingerprint density at radius 1 is 1.03 bits per heavy atom. The Morgan fingerprint density at radius 2 is 1.58 bits per heavy atom. The molecule has 0 aliphatic heterocycles. The first kappa shape index (κ1) is 28.1. The SMILES string of the molecule is C#CC#CC#CC#CSCC(CC)OC(=O)CCc1cc(C(C)(C)C)c(O)c(C(C)(C)C)c1. The Hall–Kier alpha value is -2.92. The largest absolute Gasteiger partial charge is 0.507 e. The number of aryl methyl sites for hydroxylation is 1. The summed E-state index contributed by atoms with van der Waals surface area (Å²) in [6.07, 6.45) is 6.35. The first-order valence-corrected chi connectivity index (χ1v) is 12.0. The first-order valence-electron chi connectivity index (χ1n) is 11.0. The van der Waals surface area contributed by atoms with Crippen LogP contribution < -0.4 is 0 Å². The summed E-state index contributed by atoms with van der Waals surface area (Å²) in [5.41, 5.74) is 2.41. The third-order valence-corrected chi connectivity index (χ3v) is 5.66. The van der Waals surface area contributed by atoms with Crippen molar-refractivity contribution < 1.29 is 14.6 Å². The lowest BCUT2D eigenvalue weighted by atomic mass is 9.78. The molecular weight excluding hydrogens is 428 g/mol. The van der Waals surface area contributed by atoms with E-state index in [1.807, 2.05) is 19.1 Å². The predicted octanol–water partition coefficient (Wildman–Crippen LogP) is 5.58. The molecule has 0 fully saturated rings. The fraction of sp³-hybridized carbons (Fsp3) is 0.483. The molecule has 0 spiro atoms. The number of hydrogen-bond donors (Lipinski definition) is 1. The van der Waals surface area contributed by atoms with Crippen LogP contribution in [0.1, 0.15) is 78.0 Å². The molecule has 0 aromatic heterocycles. The van der Waals surface area contributed by atoms with E-state index in [1.54, 1.807) is 0 Å². The average Bonchev–Trinajstić information content (AvgIpc) is 2.72. The van der Waals surface area contributed by atoms with Crippen LogP contribution in [0.5, 0.6) is 5.75 Å². The molecule has 1 N–H and O–H groups in total. The molecule has 3 nitrogen and oxygen atoms in total. The zero-order valence-corrected chi connectivity index (χ0v) is 21.6. The van der Waals surface area contributed by atoms with Gasteiger partial charge in [0.25, 0.3) is 0 Å². The number of phenolic OH excluding ortho intramolecular Hbond substituents is 1. The van der Waals surface area contributed by atoms with Crippen molar-refractivity contribution in [2.75, 3.05) is 5.75 Å². The number of aromatic hydroxyl groups is 1. The van der Waals surface area contributed by atoms with Gasteiger partial charge in [0.1, 0.15) is 11.9 Å². The third kappa shape index (κ3) is 10.0. The maximum atomic E-state index is 12.5. The lowest BCUT2D eigenvalue weighted by Gasteiger charge is -2.28. The second-order valence-corrected chi connectivity index (χ2v) is 10.6. The summed E-state index contributed by atoms with van der Waals surface area (Å²) in [6.45, 7) is 14.5. The van der Waals surface area contributed by atoms with Crippen molar-refractivity contribution in [1.29, 1.82) is 0 Å². The van der Waals surface area contributed by atoms with Gasteiger partial charge in [-0.2, -0.15) is 0 Å². The zero-order chi connectivity index (χ0) is 25.1. The zero-order valence-electron chi connectivity index (χ0n) is 20.8. The first-order chi connectivity index (χ1) is 15.4. The summed E-state index contributed by atoms with van der Waals surface area (Å²) >= 11 is 1.36. The lowest BCUT2D eigenvalue weighted by molar-refractivity contribution is -0.148. The van der Waals surface area contributed by atoms with E-state index in [-0.39, 0.29) is 29.3 Å². The van der Waals surface area contributed by atoms with Gasteiger partial charge in [0.2, 0.25) is 0 Å². The average molecular weight is 463 g/mol. The van der Waals surface area contributed by atoms with Gasteiger partial charge in [-0.3, -0.25) is 4.79 Å². The normalized spacial score (nSPS) is 11.5. The van der Waals surface area contributed by atoms with Crippen molar-refractivity contribution in [2.24, 2.45) is 0 Å². The van der Waals surface area contributed by atoms with Crippen LogP contribution in [-0.2, 0) is 26.8 Å². The summed E-state index contributed by atoms with van der Waals surface area (Å²) in [5, 5.41) is 13.7. The molecule has 1 rings (SSSR count). The molecule has 0 aliphatic carbocycles. The second-order valence-electron chi connectivity index (χ2n) is 9.74. The van der Waals surface area contributed by atoms with Gasteiger partial charge in [0.15, 0.2) is 0 Å². The highest BCUT2D eigenvalue weighted by Gasteiger charge is 2.26. The molecule has 1 aromatic carbocycles. The van der Waals surface area contributed by atoms with Crippen LogP contribution in [-0.4, -0.2) is 22.9 Å². The summed E-state index contributed by atoms with van der Waals surface area (Å²) < 4.78 is 5.64. The standard InChI is InChI=1S/C29H34O3S/c1-9-11-12-13-14-15-18-33-21-23(10-2)32-26(30)17-16-22-19-24(28(3,4)5)27(31)25(20-22)29(6,7)8/h1,19-20,23,31H,10,16-17,21H2,2-8H3. The van der Waals surface area contributed by atoms with E-state index in [2.05, 4.69) is 82.3 Å². The molecule has 0 saturated heterocycles. The van der Waals surface area contributed by atoms with Gasteiger partial charge in [-0.05, 0) is 81.1 Å². The smallest absolute Gasteiger partial charge is 0.306 e. The van der Waals surface area contributed by atoms with Crippen molar-refractivity contribution in [3.8, 4) is 52.9 Å². The fourth-order valence-electron chi connectivity index (χ4n) is 3.03. The van der Waals surface area contributed by atoms with Crippen LogP contribution in [0.4, 0.5) is 0 Å². The van der Waals surface area contributed by atoms with E-state index < -0.39 is 0 Å². The molecule has 0 heterocycles. The van der Waals surface area contributed by atoms with Crippen LogP contribution in [0, 0.1) is 47.2 Å². The highest BCUT2D eigenvalue weighted by atomic mass is 32.2. The fourth-order valence-corrected chi connectivity index (χ4v) is 3.73. The molecule has 1 unspecified atom stereocenters. The molecule has 0 bridgehead atoms. The minimum Gasteiger partial charge on any atom is -0.507 e.